The second-order valence-electron chi connectivity index (χ2n) is 8.96. The molecule has 5 nitrogen and oxygen atoms in total. The lowest BCUT2D eigenvalue weighted by Gasteiger charge is -2.35. The van der Waals surface area contributed by atoms with Gasteiger partial charge in [0, 0.05) is 60.9 Å². The number of aromatic nitrogens is 1. The van der Waals surface area contributed by atoms with Crippen molar-refractivity contribution in [2.24, 2.45) is 0 Å². The van der Waals surface area contributed by atoms with Gasteiger partial charge in [0.2, 0.25) is 0 Å². The fourth-order valence-corrected chi connectivity index (χ4v) is 4.67. The third-order valence-corrected chi connectivity index (χ3v) is 6.72. The quantitative estimate of drug-likeness (QED) is 0.479. The summed E-state index contributed by atoms with van der Waals surface area (Å²) in [6.07, 6.45) is 0.959. The maximum Gasteiger partial charge on any atom is 0.178 e. The first kappa shape index (κ1) is 23.0. The number of ketones is 2. The molecule has 0 N–H and O–H groups in total. The third kappa shape index (κ3) is 5.42. The van der Waals surface area contributed by atoms with E-state index in [0.717, 1.165) is 67.3 Å². The van der Waals surface area contributed by atoms with Crippen molar-refractivity contribution in [2.45, 2.75) is 33.7 Å². The van der Waals surface area contributed by atoms with Crippen molar-refractivity contribution in [3.63, 3.8) is 0 Å². The van der Waals surface area contributed by atoms with Gasteiger partial charge in [-0.3, -0.25) is 14.5 Å². The van der Waals surface area contributed by atoms with Crippen LogP contribution in [0.15, 0.2) is 60.7 Å². The van der Waals surface area contributed by atoms with Crippen LogP contribution in [0.2, 0.25) is 0 Å². The molecule has 0 atom stereocenters. The maximum atomic E-state index is 13.1. The number of carbonyl (C=O) groups excluding carboxylic acids is 2. The topological polar surface area (TPSA) is 45.6 Å². The molecule has 0 bridgehead atoms. The van der Waals surface area contributed by atoms with E-state index in [0.29, 0.717) is 6.54 Å². The summed E-state index contributed by atoms with van der Waals surface area (Å²) in [6, 6.07) is 20.3. The van der Waals surface area contributed by atoms with Crippen molar-refractivity contribution >= 4 is 17.3 Å². The molecule has 0 unspecified atom stereocenters. The van der Waals surface area contributed by atoms with E-state index in [2.05, 4.69) is 58.5 Å². The van der Waals surface area contributed by atoms with E-state index in [1.165, 1.54) is 5.56 Å². The molecule has 1 fully saturated rings. The summed E-state index contributed by atoms with van der Waals surface area (Å²) < 4.78 is 2.27. The van der Waals surface area contributed by atoms with Crippen LogP contribution in [0.5, 0.6) is 0 Å². The normalized spacial score (nSPS) is 14.5. The molecule has 0 aliphatic carbocycles. The van der Waals surface area contributed by atoms with Crippen LogP contribution in [0.25, 0.3) is 0 Å². The summed E-state index contributed by atoms with van der Waals surface area (Å²) in [5.74, 6) is 0.289. The first-order valence-corrected chi connectivity index (χ1v) is 11.7. The second-order valence-corrected chi connectivity index (χ2v) is 8.96. The minimum atomic E-state index is 0.0873. The van der Waals surface area contributed by atoms with E-state index >= 15 is 0 Å². The van der Waals surface area contributed by atoms with Crippen LogP contribution in [0.1, 0.15) is 44.6 Å². The zero-order valence-corrected chi connectivity index (χ0v) is 19.9. The van der Waals surface area contributed by atoms with Gasteiger partial charge in [0.1, 0.15) is 0 Å². The molecular formula is C28H33N3O2. The Balaban J connectivity index is 1.33. The van der Waals surface area contributed by atoms with Gasteiger partial charge in [-0.05, 0) is 63.1 Å². The van der Waals surface area contributed by atoms with Crippen LogP contribution in [0, 0.1) is 13.8 Å². The van der Waals surface area contributed by atoms with Crippen molar-refractivity contribution in [1.29, 1.82) is 0 Å². The molecule has 0 spiro atoms. The van der Waals surface area contributed by atoms with Gasteiger partial charge in [0.25, 0.3) is 0 Å². The number of nitrogens with zero attached hydrogens (tertiary/aromatic N) is 3. The van der Waals surface area contributed by atoms with Gasteiger partial charge >= 0.3 is 0 Å². The number of hydrogen-bond donors (Lipinski definition) is 0. The highest BCUT2D eigenvalue weighted by atomic mass is 16.1. The van der Waals surface area contributed by atoms with E-state index in [1.807, 2.05) is 30.3 Å². The standard InChI is InChI=1S/C28H33N3O2/c1-21-19-27(22(2)31(21)14-13-24-7-5-4-6-8-24)28(33)20-29-15-17-30(18-16-29)26-11-9-25(10-12-26)23(3)32/h4-12,19H,13-18,20H2,1-3H3. The molecular weight excluding hydrogens is 410 g/mol. The number of aryl methyl sites for hydroxylation is 2. The lowest BCUT2D eigenvalue weighted by molar-refractivity contribution is 0.0925. The van der Waals surface area contributed by atoms with Crippen molar-refractivity contribution in [2.75, 3.05) is 37.6 Å². The van der Waals surface area contributed by atoms with Gasteiger partial charge in [0.15, 0.2) is 11.6 Å². The van der Waals surface area contributed by atoms with Crippen LogP contribution in [0.3, 0.4) is 0 Å². The Bertz CT molecular complexity index is 1110. The zero-order valence-electron chi connectivity index (χ0n) is 19.9. The minimum Gasteiger partial charge on any atom is -0.369 e. The molecule has 172 valence electrons. The molecule has 5 heteroatoms. The Hall–Kier alpha value is -3.18. The number of hydrogen-bond acceptors (Lipinski definition) is 4. The van der Waals surface area contributed by atoms with Gasteiger partial charge in [-0.2, -0.15) is 0 Å². The first-order chi connectivity index (χ1) is 15.9. The van der Waals surface area contributed by atoms with Crippen LogP contribution in [0.4, 0.5) is 5.69 Å². The molecule has 4 rings (SSSR count). The largest absolute Gasteiger partial charge is 0.369 e. The average molecular weight is 444 g/mol. The van der Waals surface area contributed by atoms with E-state index in [4.69, 9.17) is 0 Å². The lowest BCUT2D eigenvalue weighted by Crippen LogP contribution is -2.48. The highest BCUT2D eigenvalue weighted by Gasteiger charge is 2.22. The Morgan fingerprint density at radius 1 is 0.879 bits per heavy atom. The van der Waals surface area contributed by atoms with Crippen LogP contribution < -0.4 is 4.90 Å². The Morgan fingerprint density at radius 2 is 1.55 bits per heavy atom. The van der Waals surface area contributed by atoms with Gasteiger partial charge in [-0.15, -0.1) is 0 Å². The summed E-state index contributed by atoms with van der Waals surface area (Å²) in [7, 11) is 0. The molecule has 0 amide bonds. The number of benzene rings is 2. The molecule has 0 saturated carbocycles. The van der Waals surface area contributed by atoms with Crippen LogP contribution in [-0.4, -0.2) is 53.8 Å². The highest BCUT2D eigenvalue weighted by Crippen LogP contribution is 2.20. The predicted molar refractivity (Wildman–Crippen MR) is 133 cm³/mol. The van der Waals surface area contributed by atoms with Crippen LogP contribution >= 0.6 is 0 Å². The third-order valence-electron chi connectivity index (χ3n) is 6.72. The summed E-state index contributed by atoms with van der Waals surface area (Å²) >= 11 is 0. The van der Waals surface area contributed by atoms with E-state index in [9.17, 15) is 9.59 Å². The lowest BCUT2D eigenvalue weighted by atomic mass is 10.1. The fourth-order valence-electron chi connectivity index (χ4n) is 4.67. The Kier molecular flexibility index (Phi) is 7.09. The highest BCUT2D eigenvalue weighted by molar-refractivity contribution is 5.99. The molecule has 0 radical (unpaired) electrons. The molecule has 2 aromatic carbocycles. The molecule has 1 saturated heterocycles. The van der Waals surface area contributed by atoms with Gasteiger partial charge < -0.3 is 9.47 Å². The van der Waals surface area contributed by atoms with Crippen molar-refractivity contribution in [1.82, 2.24) is 9.47 Å². The fraction of sp³-hybridized carbons (Fsp3) is 0.357. The Morgan fingerprint density at radius 3 is 2.18 bits per heavy atom. The molecule has 1 aliphatic rings. The van der Waals surface area contributed by atoms with Crippen LogP contribution in [-0.2, 0) is 13.0 Å². The van der Waals surface area contributed by atoms with Crippen molar-refractivity contribution in [3.8, 4) is 0 Å². The average Bonchev–Trinajstić information content (AvgIpc) is 3.12. The summed E-state index contributed by atoms with van der Waals surface area (Å²) in [4.78, 5) is 29.2. The SMILES string of the molecule is CC(=O)c1ccc(N2CCN(CC(=O)c3cc(C)n(CCc4ccccc4)c3C)CC2)cc1. The molecule has 33 heavy (non-hydrogen) atoms. The number of piperazine rings is 1. The number of Topliss-reactive ketones (excluding diaryl/α,β-unsaturated/α-hetero) is 2. The monoisotopic (exact) mass is 443 g/mol. The van der Waals surface area contributed by atoms with Crippen molar-refractivity contribution in [3.05, 3.63) is 88.7 Å². The predicted octanol–water partition coefficient (Wildman–Crippen LogP) is 4.56. The number of anilines is 1. The zero-order chi connectivity index (χ0) is 23.4. The molecule has 2 heterocycles. The first-order valence-electron chi connectivity index (χ1n) is 11.7. The van der Waals surface area contributed by atoms with Crippen molar-refractivity contribution < 1.29 is 9.59 Å². The second kappa shape index (κ2) is 10.2. The molecule has 3 aromatic rings. The minimum absolute atomic E-state index is 0.0873. The molecule has 1 aromatic heterocycles. The van der Waals surface area contributed by atoms with E-state index in [1.54, 1.807) is 6.92 Å². The summed E-state index contributed by atoms with van der Waals surface area (Å²) in [5, 5.41) is 0. The maximum absolute atomic E-state index is 13.1. The number of rotatable bonds is 8. The van der Waals surface area contributed by atoms with Gasteiger partial charge in [0.05, 0.1) is 6.54 Å². The Labute approximate surface area is 196 Å². The smallest absolute Gasteiger partial charge is 0.178 e. The van der Waals surface area contributed by atoms with E-state index < -0.39 is 0 Å². The summed E-state index contributed by atoms with van der Waals surface area (Å²) in [5.41, 5.74) is 6.25. The molecule has 1 aliphatic heterocycles. The van der Waals surface area contributed by atoms with E-state index in [-0.39, 0.29) is 11.6 Å². The van der Waals surface area contributed by atoms with Gasteiger partial charge in [-0.25, -0.2) is 0 Å². The van der Waals surface area contributed by atoms with Gasteiger partial charge in [-0.1, -0.05) is 30.3 Å². The summed E-state index contributed by atoms with van der Waals surface area (Å²) in [6.45, 7) is 10.5. The number of carbonyl (C=O) groups is 2.